The summed E-state index contributed by atoms with van der Waals surface area (Å²) >= 11 is 0. The van der Waals surface area contributed by atoms with Gasteiger partial charge in [0.15, 0.2) is 11.6 Å². The third kappa shape index (κ3) is 4.08. The van der Waals surface area contributed by atoms with Crippen LogP contribution in [-0.2, 0) is 11.2 Å². The number of amides is 1. The number of nitrogens with one attached hydrogen (secondary N) is 1. The van der Waals surface area contributed by atoms with Crippen LogP contribution in [0.15, 0.2) is 18.2 Å². The van der Waals surface area contributed by atoms with Crippen molar-refractivity contribution in [1.82, 2.24) is 10.4 Å². The lowest BCUT2D eigenvalue weighted by Crippen LogP contribution is -2.47. The molecular formula is C11H15F2N3O. The summed E-state index contributed by atoms with van der Waals surface area (Å²) in [6, 6.07) is 2.66. The number of rotatable bonds is 4. The normalized spacial score (nSPS) is 12.6. The average Bonchev–Trinajstić information content (AvgIpc) is 2.22. The zero-order valence-corrected chi connectivity index (χ0v) is 9.71. The standard InChI is InChI=1S/C11H15F2N3O/c1-16(2)15-11(17)10(14)6-7-3-4-8(12)9(13)5-7/h3-5,10H,6,14H2,1-2H3,(H,15,17). The minimum absolute atomic E-state index is 0.150. The Balaban J connectivity index is 2.64. The molecule has 6 heteroatoms. The minimum atomic E-state index is -0.942. The lowest BCUT2D eigenvalue weighted by Gasteiger charge is -2.16. The molecule has 0 spiro atoms. The van der Waals surface area contributed by atoms with Gasteiger partial charge < -0.3 is 5.73 Å². The van der Waals surface area contributed by atoms with Gasteiger partial charge in [0.1, 0.15) is 0 Å². The highest BCUT2D eigenvalue weighted by atomic mass is 19.2. The van der Waals surface area contributed by atoms with Gasteiger partial charge in [0.05, 0.1) is 6.04 Å². The van der Waals surface area contributed by atoms with Crippen molar-refractivity contribution in [2.45, 2.75) is 12.5 Å². The van der Waals surface area contributed by atoms with Gasteiger partial charge in [-0.2, -0.15) is 0 Å². The Morgan fingerprint density at radius 3 is 2.59 bits per heavy atom. The van der Waals surface area contributed by atoms with Gasteiger partial charge in [-0.05, 0) is 24.1 Å². The molecule has 0 bridgehead atoms. The maximum absolute atomic E-state index is 12.9. The minimum Gasteiger partial charge on any atom is -0.320 e. The maximum atomic E-state index is 12.9. The summed E-state index contributed by atoms with van der Waals surface area (Å²) in [6.45, 7) is 0. The zero-order valence-electron chi connectivity index (χ0n) is 9.71. The van der Waals surface area contributed by atoms with E-state index in [2.05, 4.69) is 5.43 Å². The number of hydrogen-bond donors (Lipinski definition) is 2. The van der Waals surface area contributed by atoms with Crippen LogP contribution in [-0.4, -0.2) is 31.1 Å². The Bertz CT molecular complexity index is 410. The Morgan fingerprint density at radius 1 is 1.41 bits per heavy atom. The van der Waals surface area contributed by atoms with Crippen LogP contribution in [0, 0.1) is 11.6 Å². The predicted molar refractivity (Wildman–Crippen MR) is 59.9 cm³/mol. The third-order valence-electron chi connectivity index (χ3n) is 2.11. The second kappa shape index (κ2) is 5.70. The van der Waals surface area contributed by atoms with E-state index in [-0.39, 0.29) is 12.3 Å². The SMILES string of the molecule is CN(C)NC(=O)C(N)Cc1ccc(F)c(F)c1. The molecule has 1 rings (SSSR count). The molecular weight excluding hydrogens is 228 g/mol. The molecule has 4 nitrogen and oxygen atoms in total. The first-order valence-corrected chi connectivity index (χ1v) is 5.07. The van der Waals surface area contributed by atoms with Crippen molar-refractivity contribution in [3.63, 3.8) is 0 Å². The summed E-state index contributed by atoms with van der Waals surface area (Å²) in [6.07, 6.45) is 0.150. The van der Waals surface area contributed by atoms with Gasteiger partial charge in [0.2, 0.25) is 0 Å². The molecule has 3 N–H and O–H groups in total. The second-order valence-electron chi connectivity index (χ2n) is 3.93. The molecule has 0 fully saturated rings. The smallest absolute Gasteiger partial charge is 0.251 e. The van der Waals surface area contributed by atoms with E-state index in [1.54, 1.807) is 14.1 Å². The van der Waals surface area contributed by atoms with E-state index in [1.807, 2.05) is 0 Å². The Hall–Kier alpha value is -1.53. The van der Waals surface area contributed by atoms with Gasteiger partial charge in [-0.25, -0.2) is 13.8 Å². The van der Waals surface area contributed by atoms with Crippen molar-refractivity contribution >= 4 is 5.91 Å². The first kappa shape index (κ1) is 13.5. The first-order chi connectivity index (χ1) is 7.90. The molecule has 1 atom stereocenters. The number of carbonyl (C=O) groups is 1. The topological polar surface area (TPSA) is 58.4 Å². The van der Waals surface area contributed by atoms with E-state index in [9.17, 15) is 13.6 Å². The van der Waals surface area contributed by atoms with Crippen LogP contribution in [0.2, 0.25) is 0 Å². The highest BCUT2D eigenvalue weighted by molar-refractivity contribution is 5.81. The van der Waals surface area contributed by atoms with Gasteiger partial charge in [0, 0.05) is 14.1 Å². The van der Waals surface area contributed by atoms with Crippen molar-refractivity contribution in [3.8, 4) is 0 Å². The van der Waals surface area contributed by atoms with Crippen molar-refractivity contribution < 1.29 is 13.6 Å². The number of halogens is 2. The largest absolute Gasteiger partial charge is 0.320 e. The van der Waals surface area contributed by atoms with Crippen molar-refractivity contribution in [2.75, 3.05) is 14.1 Å². The highest BCUT2D eigenvalue weighted by Gasteiger charge is 2.15. The van der Waals surface area contributed by atoms with E-state index in [1.165, 1.54) is 11.1 Å². The van der Waals surface area contributed by atoms with Gasteiger partial charge in [-0.15, -0.1) is 0 Å². The summed E-state index contributed by atoms with van der Waals surface area (Å²) in [5.41, 5.74) is 8.60. The lowest BCUT2D eigenvalue weighted by atomic mass is 10.1. The molecule has 0 saturated carbocycles. The van der Waals surface area contributed by atoms with Crippen LogP contribution in [0.4, 0.5) is 8.78 Å². The molecule has 0 aliphatic carbocycles. The van der Waals surface area contributed by atoms with Crippen LogP contribution >= 0.6 is 0 Å². The Labute approximate surface area is 98.4 Å². The summed E-state index contributed by atoms with van der Waals surface area (Å²) in [5, 5.41) is 1.47. The predicted octanol–water partition coefficient (Wildman–Crippen LogP) is 0.427. The van der Waals surface area contributed by atoms with Gasteiger partial charge >= 0.3 is 0 Å². The fraction of sp³-hybridized carbons (Fsp3) is 0.364. The molecule has 1 unspecified atom stereocenters. The molecule has 1 aromatic carbocycles. The number of nitrogens with zero attached hydrogens (tertiary/aromatic N) is 1. The van der Waals surface area contributed by atoms with Crippen LogP contribution in [0.25, 0.3) is 0 Å². The quantitative estimate of drug-likeness (QED) is 0.754. The van der Waals surface area contributed by atoms with E-state index in [0.29, 0.717) is 5.56 Å². The Kier molecular flexibility index (Phi) is 4.53. The van der Waals surface area contributed by atoms with Crippen LogP contribution in [0.5, 0.6) is 0 Å². The van der Waals surface area contributed by atoms with Crippen molar-refractivity contribution in [1.29, 1.82) is 0 Å². The number of carbonyl (C=O) groups excluding carboxylic acids is 1. The van der Waals surface area contributed by atoms with E-state index < -0.39 is 17.7 Å². The van der Waals surface area contributed by atoms with Crippen LogP contribution in [0.1, 0.15) is 5.56 Å². The van der Waals surface area contributed by atoms with E-state index in [4.69, 9.17) is 5.73 Å². The number of nitrogens with two attached hydrogens (primary N) is 1. The summed E-state index contributed by atoms with van der Waals surface area (Å²) in [5.74, 6) is -2.23. The molecule has 17 heavy (non-hydrogen) atoms. The fourth-order valence-corrected chi connectivity index (χ4v) is 1.32. The molecule has 0 aliphatic rings. The van der Waals surface area contributed by atoms with E-state index in [0.717, 1.165) is 12.1 Å². The molecule has 1 amide bonds. The Morgan fingerprint density at radius 2 is 2.06 bits per heavy atom. The van der Waals surface area contributed by atoms with Gasteiger partial charge in [-0.1, -0.05) is 6.07 Å². The lowest BCUT2D eigenvalue weighted by molar-refractivity contribution is -0.126. The molecule has 1 aromatic rings. The summed E-state index contributed by atoms with van der Waals surface area (Å²) < 4.78 is 25.6. The third-order valence-corrected chi connectivity index (χ3v) is 2.11. The summed E-state index contributed by atoms with van der Waals surface area (Å²) in [4.78, 5) is 11.5. The monoisotopic (exact) mass is 243 g/mol. The fourth-order valence-electron chi connectivity index (χ4n) is 1.32. The second-order valence-corrected chi connectivity index (χ2v) is 3.93. The van der Waals surface area contributed by atoms with Crippen molar-refractivity contribution in [3.05, 3.63) is 35.4 Å². The molecule has 0 radical (unpaired) electrons. The zero-order chi connectivity index (χ0) is 13.0. The van der Waals surface area contributed by atoms with Gasteiger partial charge in [-0.3, -0.25) is 10.2 Å². The van der Waals surface area contributed by atoms with Crippen LogP contribution in [0.3, 0.4) is 0 Å². The average molecular weight is 243 g/mol. The van der Waals surface area contributed by atoms with E-state index >= 15 is 0 Å². The van der Waals surface area contributed by atoms with Crippen LogP contribution < -0.4 is 11.2 Å². The number of hydrogen-bond acceptors (Lipinski definition) is 3. The summed E-state index contributed by atoms with van der Waals surface area (Å²) in [7, 11) is 3.31. The molecule has 0 heterocycles. The number of hydrazine groups is 1. The molecule has 94 valence electrons. The van der Waals surface area contributed by atoms with Crippen molar-refractivity contribution in [2.24, 2.45) is 5.73 Å². The first-order valence-electron chi connectivity index (χ1n) is 5.07. The molecule has 0 aliphatic heterocycles. The highest BCUT2D eigenvalue weighted by Crippen LogP contribution is 2.10. The molecule has 0 saturated heterocycles. The molecule has 0 aromatic heterocycles. The number of benzene rings is 1. The van der Waals surface area contributed by atoms with Gasteiger partial charge in [0.25, 0.3) is 5.91 Å². The maximum Gasteiger partial charge on any atom is 0.251 e.